The Morgan fingerprint density at radius 3 is 1.55 bits per heavy atom. The second-order valence-corrected chi connectivity index (χ2v) is 7.84. The number of aliphatic hydroxyl groups is 2. The summed E-state index contributed by atoms with van der Waals surface area (Å²) in [7, 11) is 1.46. The average molecular weight is 424 g/mol. The second-order valence-electron chi connectivity index (χ2n) is 7.84. The molecule has 0 aromatic heterocycles. The zero-order valence-electron chi connectivity index (χ0n) is 17.9. The minimum Gasteiger partial charge on any atom is -0.507 e. The Bertz CT molecular complexity index is 1100. The predicted octanol–water partition coefficient (Wildman–Crippen LogP) is 3.60. The number of phenols is 3. The van der Waals surface area contributed by atoms with Crippen LogP contribution in [0.25, 0.3) is 0 Å². The molecule has 31 heavy (non-hydrogen) atoms. The van der Waals surface area contributed by atoms with Crippen LogP contribution >= 0.6 is 0 Å². The molecule has 6 heteroatoms. The summed E-state index contributed by atoms with van der Waals surface area (Å²) in [6.45, 7) is 3.22. The highest BCUT2D eigenvalue weighted by molar-refractivity contribution is 5.54. The average Bonchev–Trinajstić information content (AvgIpc) is 2.74. The molecule has 0 fully saturated rings. The molecule has 0 saturated carbocycles. The van der Waals surface area contributed by atoms with Crippen LogP contribution in [0, 0.1) is 13.8 Å². The Hall–Kier alpha value is -3.22. The number of rotatable bonds is 7. The van der Waals surface area contributed by atoms with Crippen molar-refractivity contribution in [1.82, 2.24) is 0 Å². The minimum absolute atomic E-state index is 0.000728. The van der Waals surface area contributed by atoms with E-state index >= 15 is 0 Å². The third kappa shape index (κ3) is 4.76. The molecule has 3 aromatic rings. The van der Waals surface area contributed by atoms with Crippen LogP contribution in [-0.2, 0) is 26.1 Å². The van der Waals surface area contributed by atoms with Crippen molar-refractivity contribution in [3.05, 3.63) is 80.9 Å². The van der Waals surface area contributed by atoms with Gasteiger partial charge in [0.15, 0.2) is 11.5 Å². The molecule has 164 valence electrons. The molecule has 3 rings (SSSR count). The molecule has 6 nitrogen and oxygen atoms in total. The monoisotopic (exact) mass is 424 g/mol. The molecule has 0 atom stereocenters. The van der Waals surface area contributed by atoms with Gasteiger partial charge in [0.2, 0.25) is 0 Å². The second kappa shape index (κ2) is 9.29. The summed E-state index contributed by atoms with van der Waals surface area (Å²) in [6, 6.07) is 10.6. The van der Waals surface area contributed by atoms with E-state index in [0.717, 1.165) is 16.7 Å². The maximum atomic E-state index is 10.7. The number of benzene rings is 3. The van der Waals surface area contributed by atoms with E-state index in [1.54, 1.807) is 24.3 Å². The van der Waals surface area contributed by atoms with E-state index in [0.29, 0.717) is 34.2 Å². The Labute approximate surface area is 181 Å². The maximum absolute atomic E-state index is 10.7. The third-order valence-corrected chi connectivity index (χ3v) is 5.37. The number of ether oxygens (including phenoxy) is 1. The van der Waals surface area contributed by atoms with Crippen LogP contribution in [-0.4, -0.2) is 32.6 Å². The van der Waals surface area contributed by atoms with Crippen LogP contribution < -0.4 is 4.74 Å². The molecule has 0 unspecified atom stereocenters. The normalized spacial score (nSPS) is 11.0. The molecule has 3 aromatic carbocycles. The number of phenolic OH excluding ortho intramolecular Hbond substituents is 1. The quantitative estimate of drug-likeness (QED) is 0.396. The van der Waals surface area contributed by atoms with E-state index in [2.05, 4.69) is 0 Å². The highest BCUT2D eigenvalue weighted by Crippen LogP contribution is 2.37. The van der Waals surface area contributed by atoms with Gasteiger partial charge in [-0.3, -0.25) is 0 Å². The Balaban J connectivity index is 2.04. The fourth-order valence-corrected chi connectivity index (χ4v) is 3.93. The molecule has 0 radical (unpaired) electrons. The first-order valence-corrected chi connectivity index (χ1v) is 10.0. The fourth-order valence-electron chi connectivity index (χ4n) is 3.93. The Kier molecular flexibility index (Phi) is 6.73. The molecule has 0 amide bonds. The highest BCUT2D eigenvalue weighted by atomic mass is 16.5. The van der Waals surface area contributed by atoms with Crippen LogP contribution in [0.1, 0.15) is 44.5 Å². The zero-order chi connectivity index (χ0) is 22.7. The van der Waals surface area contributed by atoms with E-state index in [9.17, 15) is 25.5 Å². The summed E-state index contributed by atoms with van der Waals surface area (Å²) < 4.78 is 5.34. The fraction of sp³-hybridized carbons (Fsp3) is 0.280. The van der Waals surface area contributed by atoms with Gasteiger partial charge in [0.05, 0.1) is 20.3 Å². The number of methoxy groups -OCH3 is 1. The standard InChI is InChI=1S/C25H28O6/c1-14-4-17(23(28)20(6-14)12-26)8-16-9-19(25(30)22(10-16)31-3)11-18-5-15(2)7-21(13-27)24(18)29/h4-7,9-10,26-30H,8,11-13H2,1-3H3. The lowest BCUT2D eigenvalue weighted by Gasteiger charge is -2.16. The van der Waals surface area contributed by atoms with Gasteiger partial charge in [-0.05, 0) is 36.6 Å². The summed E-state index contributed by atoms with van der Waals surface area (Å²) in [5.41, 5.74) is 5.28. The molecule has 0 heterocycles. The van der Waals surface area contributed by atoms with Gasteiger partial charge in [-0.1, -0.05) is 41.5 Å². The molecular weight excluding hydrogens is 396 g/mol. The largest absolute Gasteiger partial charge is 0.507 e. The maximum Gasteiger partial charge on any atom is 0.161 e. The van der Waals surface area contributed by atoms with Crippen LogP contribution in [0.4, 0.5) is 0 Å². The lowest BCUT2D eigenvalue weighted by Crippen LogP contribution is -2.00. The number of aryl methyl sites for hydroxylation is 2. The smallest absolute Gasteiger partial charge is 0.161 e. The number of hydrogen-bond acceptors (Lipinski definition) is 6. The van der Waals surface area contributed by atoms with Gasteiger partial charge in [-0.15, -0.1) is 0 Å². The van der Waals surface area contributed by atoms with Gasteiger partial charge in [0, 0.05) is 29.5 Å². The van der Waals surface area contributed by atoms with Crippen molar-refractivity contribution in [2.75, 3.05) is 7.11 Å². The summed E-state index contributed by atoms with van der Waals surface area (Å²) in [6.07, 6.45) is 0.601. The van der Waals surface area contributed by atoms with E-state index < -0.39 is 0 Å². The summed E-state index contributed by atoms with van der Waals surface area (Å²) >= 11 is 0. The molecule has 0 saturated heterocycles. The van der Waals surface area contributed by atoms with Crippen molar-refractivity contribution in [2.45, 2.75) is 39.9 Å². The van der Waals surface area contributed by atoms with Crippen LogP contribution in [0.15, 0.2) is 36.4 Å². The molecule has 0 aliphatic heterocycles. The van der Waals surface area contributed by atoms with E-state index in [-0.39, 0.29) is 42.6 Å². The number of aromatic hydroxyl groups is 3. The van der Waals surface area contributed by atoms with E-state index in [1.165, 1.54) is 7.11 Å². The van der Waals surface area contributed by atoms with Crippen LogP contribution in [0.3, 0.4) is 0 Å². The molecule has 0 bridgehead atoms. The predicted molar refractivity (Wildman–Crippen MR) is 118 cm³/mol. The van der Waals surface area contributed by atoms with Gasteiger partial charge in [-0.2, -0.15) is 0 Å². The molecule has 0 spiro atoms. The SMILES string of the molecule is COc1cc(Cc2cc(C)cc(CO)c2O)cc(Cc2cc(C)cc(CO)c2O)c1O. The van der Waals surface area contributed by atoms with Crippen molar-refractivity contribution in [2.24, 2.45) is 0 Å². The van der Waals surface area contributed by atoms with Crippen LogP contribution in [0.2, 0.25) is 0 Å². The van der Waals surface area contributed by atoms with E-state index in [4.69, 9.17) is 4.74 Å². The molecular formula is C25H28O6. The first-order valence-electron chi connectivity index (χ1n) is 10.0. The third-order valence-electron chi connectivity index (χ3n) is 5.37. The Morgan fingerprint density at radius 1 is 0.613 bits per heavy atom. The van der Waals surface area contributed by atoms with Gasteiger partial charge < -0.3 is 30.3 Å². The first kappa shape index (κ1) is 22.5. The summed E-state index contributed by atoms with van der Waals surface area (Å²) in [4.78, 5) is 0. The molecule has 5 N–H and O–H groups in total. The topological polar surface area (TPSA) is 110 Å². The van der Waals surface area contributed by atoms with Crippen molar-refractivity contribution in [3.8, 4) is 23.0 Å². The van der Waals surface area contributed by atoms with Crippen molar-refractivity contribution in [1.29, 1.82) is 0 Å². The summed E-state index contributed by atoms with van der Waals surface area (Å²) in [5.74, 6) is 0.310. The van der Waals surface area contributed by atoms with Crippen LogP contribution in [0.5, 0.6) is 23.0 Å². The molecule has 0 aliphatic carbocycles. The van der Waals surface area contributed by atoms with Crippen molar-refractivity contribution < 1.29 is 30.3 Å². The van der Waals surface area contributed by atoms with Gasteiger partial charge >= 0.3 is 0 Å². The van der Waals surface area contributed by atoms with E-state index in [1.807, 2.05) is 26.0 Å². The number of aliphatic hydroxyl groups excluding tert-OH is 2. The first-order chi connectivity index (χ1) is 14.8. The molecule has 0 aliphatic rings. The van der Waals surface area contributed by atoms with Gasteiger partial charge in [-0.25, -0.2) is 0 Å². The van der Waals surface area contributed by atoms with Crippen molar-refractivity contribution in [3.63, 3.8) is 0 Å². The van der Waals surface area contributed by atoms with Gasteiger partial charge in [0.25, 0.3) is 0 Å². The highest BCUT2D eigenvalue weighted by Gasteiger charge is 2.17. The minimum atomic E-state index is -0.282. The van der Waals surface area contributed by atoms with Crippen molar-refractivity contribution >= 4 is 0 Å². The zero-order valence-corrected chi connectivity index (χ0v) is 17.9. The number of hydrogen-bond donors (Lipinski definition) is 5. The summed E-state index contributed by atoms with van der Waals surface area (Å²) in [5, 5.41) is 50.6. The Morgan fingerprint density at radius 2 is 1.06 bits per heavy atom. The lowest BCUT2D eigenvalue weighted by molar-refractivity contribution is 0.274. The lowest BCUT2D eigenvalue weighted by atomic mass is 9.94. The van der Waals surface area contributed by atoms with Gasteiger partial charge in [0.1, 0.15) is 11.5 Å².